The minimum atomic E-state index is 0.311. The first-order chi connectivity index (χ1) is 8.99. The molecule has 0 aliphatic rings. The molecule has 1 aromatic rings. The number of nitrogen functional groups attached to an aromatic ring is 1. The molecule has 0 saturated heterocycles. The van der Waals surface area contributed by atoms with E-state index >= 15 is 0 Å². The molecule has 0 spiro atoms. The molecule has 0 aromatic carbocycles. The van der Waals surface area contributed by atoms with Crippen molar-refractivity contribution in [2.45, 2.75) is 59.4 Å². The minimum absolute atomic E-state index is 0.311. The number of hydrogen-bond donors (Lipinski definition) is 3. The first-order valence-corrected chi connectivity index (χ1v) is 7.07. The second-order valence-corrected chi connectivity index (χ2v) is 5.58. The van der Waals surface area contributed by atoms with Crippen molar-refractivity contribution in [2.75, 3.05) is 10.7 Å². The van der Waals surface area contributed by atoms with E-state index in [0.717, 1.165) is 17.8 Å². The van der Waals surface area contributed by atoms with Crippen LogP contribution in [0.4, 0.5) is 11.6 Å². The third-order valence-corrected chi connectivity index (χ3v) is 3.43. The number of anilines is 2. The zero-order valence-corrected chi connectivity index (χ0v) is 12.7. The van der Waals surface area contributed by atoms with Gasteiger partial charge in [0.15, 0.2) is 0 Å². The van der Waals surface area contributed by atoms with Gasteiger partial charge in [0.25, 0.3) is 0 Å². The standard InChI is InChI=1S/C14H27N5/c1-6-10(4)7-11(5)18-13-12(9(2)3)14(19-15)17-8-16-13/h8-11H,6-7,15H2,1-5H3,(H2,16,17,18,19). The predicted octanol–water partition coefficient (Wildman–Crippen LogP) is 3.12. The predicted molar refractivity (Wildman–Crippen MR) is 81.1 cm³/mol. The molecule has 0 saturated carbocycles. The average Bonchev–Trinajstić information content (AvgIpc) is 2.37. The van der Waals surface area contributed by atoms with Crippen LogP contribution in [0.5, 0.6) is 0 Å². The van der Waals surface area contributed by atoms with Crippen LogP contribution in [0.2, 0.25) is 0 Å². The van der Waals surface area contributed by atoms with Crippen molar-refractivity contribution in [1.82, 2.24) is 9.97 Å². The molecule has 0 bridgehead atoms. The molecule has 0 aliphatic heterocycles. The summed E-state index contributed by atoms with van der Waals surface area (Å²) in [5, 5.41) is 3.49. The van der Waals surface area contributed by atoms with Gasteiger partial charge in [-0.2, -0.15) is 0 Å². The largest absolute Gasteiger partial charge is 0.367 e. The number of hydrogen-bond acceptors (Lipinski definition) is 5. The van der Waals surface area contributed by atoms with Gasteiger partial charge >= 0.3 is 0 Å². The molecule has 2 atom stereocenters. The van der Waals surface area contributed by atoms with E-state index in [9.17, 15) is 0 Å². The number of nitrogens with two attached hydrogens (primary N) is 1. The highest BCUT2D eigenvalue weighted by molar-refractivity contribution is 5.58. The Kier molecular flexibility index (Phi) is 6.02. The van der Waals surface area contributed by atoms with Gasteiger partial charge in [0, 0.05) is 11.6 Å². The molecule has 5 heteroatoms. The molecule has 5 nitrogen and oxygen atoms in total. The van der Waals surface area contributed by atoms with Crippen molar-refractivity contribution < 1.29 is 0 Å². The molecule has 0 fully saturated rings. The van der Waals surface area contributed by atoms with Crippen molar-refractivity contribution in [2.24, 2.45) is 11.8 Å². The smallest absolute Gasteiger partial charge is 0.148 e. The summed E-state index contributed by atoms with van der Waals surface area (Å²) in [6.07, 6.45) is 3.87. The summed E-state index contributed by atoms with van der Waals surface area (Å²) in [5.41, 5.74) is 3.69. The van der Waals surface area contributed by atoms with Gasteiger partial charge in [-0.15, -0.1) is 0 Å². The van der Waals surface area contributed by atoms with Crippen molar-refractivity contribution in [3.05, 3.63) is 11.9 Å². The van der Waals surface area contributed by atoms with E-state index in [0.29, 0.717) is 23.7 Å². The van der Waals surface area contributed by atoms with Gasteiger partial charge in [-0.1, -0.05) is 34.1 Å². The second-order valence-electron chi connectivity index (χ2n) is 5.58. The Labute approximate surface area is 116 Å². The number of hydrazine groups is 1. The summed E-state index contributed by atoms with van der Waals surface area (Å²) < 4.78 is 0. The third-order valence-electron chi connectivity index (χ3n) is 3.43. The van der Waals surface area contributed by atoms with Crippen LogP contribution in [0.3, 0.4) is 0 Å². The Morgan fingerprint density at radius 3 is 2.32 bits per heavy atom. The van der Waals surface area contributed by atoms with E-state index < -0.39 is 0 Å². The maximum Gasteiger partial charge on any atom is 0.148 e. The van der Waals surface area contributed by atoms with Crippen LogP contribution >= 0.6 is 0 Å². The molecule has 0 amide bonds. The molecular weight excluding hydrogens is 238 g/mol. The van der Waals surface area contributed by atoms with E-state index in [2.05, 4.69) is 55.3 Å². The van der Waals surface area contributed by atoms with Gasteiger partial charge in [0.1, 0.15) is 18.0 Å². The molecule has 108 valence electrons. The summed E-state index contributed by atoms with van der Waals surface area (Å²) in [4.78, 5) is 8.54. The van der Waals surface area contributed by atoms with Gasteiger partial charge < -0.3 is 10.7 Å². The fraction of sp³-hybridized carbons (Fsp3) is 0.714. The molecule has 1 rings (SSSR count). The second kappa shape index (κ2) is 7.28. The van der Waals surface area contributed by atoms with Crippen LogP contribution in [0.1, 0.15) is 58.9 Å². The Morgan fingerprint density at radius 2 is 1.79 bits per heavy atom. The summed E-state index contributed by atoms with van der Waals surface area (Å²) in [6, 6.07) is 0.382. The van der Waals surface area contributed by atoms with Crippen molar-refractivity contribution in [3.8, 4) is 0 Å². The molecule has 1 heterocycles. The van der Waals surface area contributed by atoms with Crippen LogP contribution in [-0.2, 0) is 0 Å². The SMILES string of the molecule is CCC(C)CC(C)Nc1ncnc(NN)c1C(C)C. The van der Waals surface area contributed by atoms with E-state index in [1.165, 1.54) is 6.42 Å². The monoisotopic (exact) mass is 265 g/mol. The van der Waals surface area contributed by atoms with Gasteiger partial charge in [-0.25, -0.2) is 15.8 Å². The highest BCUT2D eigenvalue weighted by Crippen LogP contribution is 2.28. The Balaban J connectivity index is 2.88. The summed E-state index contributed by atoms with van der Waals surface area (Å²) in [7, 11) is 0. The normalized spacial score (nSPS) is 14.3. The molecular formula is C14H27N5. The lowest BCUT2D eigenvalue weighted by Gasteiger charge is -2.22. The van der Waals surface area contributed by atoms with E-state index in [4.69, 9.17) is 5.84 Å². The fourth-order valence-electron chi connectivity index (χ4n) is 2.24. The zero-order valence-electron chi connectivity index (χ0n) is 12.7. The van der Waals surface area contributed by atoms with Crippen molar-refractivity contribution >= 4 is 11.6 Å². The lowest BCUT2D eigenvalue weighted by Crippen LogP contribution is -2.22. The van der Waals surface area contributed by atoms with Crippen LogP contribution in [-0.4, -0.2) is 16.0 Å². The molecule has 0 radical (unpaired) electrons. The molecule has 1 aromatic heterocycles. The maximum absolute atomic E-state index is 5.52. The zero-order chi connectivity index (χ0) is 14.4. The van der Waals surface area contributed by atoms with Crippen molar-refractivity contribution in [3.63, 3.8) is 0 Å². The molecule has 19 heavy (non-hydrogen) atoms. The third kappa shape index (κ3) is 4.35. The number of rotatable bonds is 7. The number of nitrogens with one attached hydrogen (secondary N) is 2. The summed E-state index contributed by atoms with van der Waals surface area (Å²) in [5.74, 6) is 8.12. The van der Waals surface area contributed by atoms with Gasteiger partial charge in [-0.05, 0) is 25.2 Å². The average molecular weight is 265 g/mol. The minimum Gasteiger partial charge on any atom is -0.367 e. The Bertz CT molecular complexity index is 391. The first kappa shape index (κ1) is 15.7. The molecule has 4 N–H and O–H groups in total. The highest BCUT2D eigenvalue weighted by Gasteiger charge is 2.16. The summed E-state index contributed by atoms with van der Waals surface area (Å²) >= 11 is 0. The van der Waals surface area contributed by atoms with Crippen LogP contribution in [0, 0.1) is 5.92 Å². The van der Waals surface area contributed by atoms with Crippen LogP contribution in [0.25, 0.3) is 0 Å². The van der Waals surface area contributed by atoms with Gasteiger partial charge in [0.05, 0.1) is 0 Å². The maximum atomic E-state index is 5.52. The van der Waals surface area contributed by atoms with Crippen LogP contribution in [0.15, 0.2) is 6.33 Å². The van der Waals surface area contributed by atoms with E-state index in [-0.39, 0.29) is 0 Å². The topological polar surface area (TPSA) is 75.9 Å². The van der Waals surface area contributed by atoms with E-state index in [1.807, 2.05) is 0 Å². The Hall–Kier alpha value is -1.36. The highest BCUT2D eigenvalue weighted by atomic mass is 15.3. The van der Waals surface area contributed by atoms with E-state index in [1.54, 1.807) is 6.33 Å². The Morgan fingerprint density at radius 1 is 1.16 bits per heavy atom. The summed E-state index contributed by atoms with van der Waals surface area (Å²) in [6.45, 7) is 10.9. The number of nitrogens with zero attached hydrogens (tertiary/aromatic N) is 2. The lowest BCUT2D eigenvalue weighted by molar-refractivity contribution is 0.483. The first-order valence-electron chi connectivity index (χ1n) is 7.07. The quantitative estimate of drug-likeness (QED) is 0.521. The molecule has 2 unspecified atom stereocenters. The van der Waals surface area contributed by atoms with Gasteiger partial charge in [0.2, 0.25) is 0 Å². The van der Waals surface area contributed by atoms with Crippen molar-refractivity contribution in [1.29, 1.82) is 0 Å². The van der Waals surface area contributed by atoms with Gasteiger partial charge in [-0.3, -0.25) is 0 Å². The van der Waals surface area contributed by atoms with Crippen LogP contribution < -0.4 is 16.6 Å². The fourth-order valence-corrected chi connectivity index (χ4v) is 2.24. The molecule has 0 aliphatic carbocycles. The number of aromatic nitrogens is 2. The lowest BCUT2D eigenvalue weighted by atomic mass is 9.99.